The fourth-order valence-electron chi connectivity index (χ4n) is 5.74. The number of carboxylic acids is 1. The normalized spacial score (nSPS) is 14.0. The van der Waals surface area contributed by atoms with Crippen molar-refractivity contribution in [3.63, 3.8) is 0 Å². The highest BCUT2D eigenvalue weighted by Gasteiger charge is 2.24. The quantitative estimate of drug-likeness (QED) is 0.262. The second-order valence-corrected chi connectivity index (χ2v) is 12.7. The molecule has 0 aliphatic carbocycles. The maximum atomic E-state index is 13.6. The third-order valence-corrected chi connectivity index (χ3v) is 8.60. The Labute approximate surface area is 263 Å². The number of carbonyl (C=O) groups is 1. The Hall–Kier alpha value is -4.32. The summed E-state index contributed by atoms with van der Waals surface area (Å²) in [5.74, 6) is 2.42. The van der Waals surface area contributed by atoms with Crippen LogP contribution in [0.4, 0.5) is 11.4 Å². The van der Waals surface area contributed by atoms with Gasteiger partial charge in [0.2, 0.25) is 0 Å². The summed E-state index contributed by atoms with van der Waals surface area (Å²) < 4.78 is 1.63. The molecule has 9 heteroatoms. The number of terminal acetylenes is 1. The second-order valence-electron chi connectivity index (χ2n) is 12.3. The van der Waals surface area contributed by atoms with Gasteiger partial charge < -0.3 is 14.9 Å². The number of aromatic nitrogens is 2. The summed E-state index contributed by atoms with van der Waals surface area (Å²) in [7, 11) is 1.77. The van der Waals surface area contributed by atoms with Crippen molar-refractivity contribution in [2.45, 2.75) is 39.3 Å². The van der Waals surface area contributed by atoms with Crippen molar-refractivity contribution in [1.82, 2.24) is 14.5 Å². The molecule has 8 nitrogen and oxygen atoms in total. The van der Waals surface area contributed by atoms with E-state index in [1.54, 1.807) is 35.9 Å². The van der Waals surface area contributed by atoms with Gasteiger partial charge in [0.1, 0.15) is 5.82 Å². The molecule has 0 bridgehead atoms. The Bertz CT molecular complexity index is 1780. The maximum absolute atomic E-state index is 13.6. The van der Waals surface area contributed by atoms with E-state index in [1.165, 1.54) is 5.69 Å². The number of piperazine rings is 1. The van der Waals surface area contributed by atoms with Crippen LogP contribution in [0.5, 0.6) is 0 Å². The van der Waals surface area contributed by atoms with Gasteiger partial charge >= 0.3 is 5.97 Å². The number of hydrogen-bond acceptors (Lipinski definition) is 6. The predicted molar refractivity (Wildman–Crippen MR) is 178 cm³/mol. The van der Waals surface area contributed by atoms with Crippen LogP contribution in [0.1, 0.15) is 48.1 Å². The molecule has 0 saturated carbocycles. The fraction of sp³-hybridized carbons (Fsp3) is 0.343. The van der Waals surface area contributed by atoms with Gasteiger partial charge in [-0.15, -0.1) is 6.42 Å². The Balaban J connectivity index is 1.39. The lowest BCUT2D eigenvalue weighted by Crippen LogP contribution is -2.46. The summed E-state index contributed by atoms with van der Waals surface area (Å²) in [6.07, 6.45) is 5.74. The van der Waals surface area contributed by atoms with Crippen molar-refractivity contribution >= 4 is 39.8 Å². The standard InChI is InChI=1S/C35H38ClN5O3/c1-6-14-41(26-12-13-27(34(43)44)29(20-26)35(2,3)4)22-24-19-28-31(21-30(24)36)37-32(38(5)33(28)42)23-39-15-17-40(18-16-39)25-10-8-7-9-11-25/h1,7-13,19-21H,14-18,22-23H2,2-5H3,(H,43,44). The van der Waals surface area contributed by atoms with E-state index in [0.29, 0.717) is 40.4 Å². The summed E-state index contributed by atoms with van der Waals surface area (Å²) in [4.78, 5) is 37.0. The third kappa shape index (κ3) is 6.59. The van der Waals surface area contributed by atoms with Crippen LogP contribution in [0.25, 0.3) is 10.9 Å². The molecule has 228 valence electrons. The molecule has 0 amide bonds. The molecule has 0 unspecified atom stereocenters. The molecule has 0 atom stereocenters. The Kier molecular flexibility index (Phi) is 9.00. The lowest BCUT2D eigenvalue weighted by Gasteiger charge is -2.36. The Morgan fingerprint density at radius 2 is 1.77 bits per heavy atom. The van der Waals surface area contributed by atoms with Gasteiger partial charge in [-0.1, -0.05) is 56.5 Å². The summed E-state index contributed by atoms with van der Waals surface area (Å²) in [6.45, 7) is 10.7. The topological polar surface area (TPSA) is 81.9 Å². The molecular formula is C35H38ClN5O3. The summed E-state index contributed by atoms with van der Waals surface area (Å²) in [6, 6.07) is 19.2. The van der Waals surface area contributed by atoms with E-state index >= 15 is 0 Å². The van der Waals surface area contributed by atoms with E-state index in [9.17, 15) is 14.7 Å². The monoisotopic (exact) mass is 611 g/mol. The molecular weight excluding hydrogens is 574 g/mol. The molecule has 1 N–H and O–H groups in total. The van der Waals surface area contributed by atoms with Gasteiger partial charge in [0.25, 0.3) is 5.56 Å². The average molecular weight is 612 g/mol. The number of fused-ring (bicyclic) bond motifs is 1. The zero-order valence-corrected chi connectivity index (χ0v) is 26.4. The minimum atomic E-state index is -0.972. The van der Waals surface area contributed by atoms with E-state index in [4.69, 9.17) is 23.0 Å². The highest BCUT2D eigenvalue weighted by atomic mass is 35.5. The first kappa shape index (κ1) is 31.1. The summed E-state index contributed by atoms with van der Waals surface area (Å²) in [5.41, 5.74) is 3.74. The molecule has 0 radical (unpaired) electrons. The number of nitrogens with zero attached hydrogens (tertiary/aromatic N) is 5. The molecule has 3 aromatic carbocycles. The number of aromatic carboxylic acids is 1. The summed E-state index contributed by atoms with van der Waals surface area (Å²) in [5, 5.41) is 10.7. The number of halogens is 1. The van der Waals surface area contributed by atoms with E-state index < -0.39 is 11.4 Å². The lowest BCUT2D eigenvalue weighted by atomic mass is 9.83. The van der Waals surface area contributed by atoms with E-state index in [2.05, 4.69) is 40.0 Å². The number of benzene rings is 3. The van der Waals surface area contributed by atoms with Gasteiger partial charge in [0.05, 0.1) is 29.6 Å². The first-order chi connectivity index (χ1) is 21.0. The molecule has 44 heavy (non-hydrogen) atoms. The van der Waals surface area contributed by atoms with Gasteiger partial charge in [-0.2, -0.15) is 0 Å². The van der Waals surface area contributed by atoms with Crippen molar-refractivity contribution in [3.05, 3.63) is 98.6 Å². The van der Waals surface area contributed by atoms with Crippen molar-refractivity contribution in [2.24, 2.45) is 7.05 Å². The number of anilines is 2. The van der Waals surface area contributed by atoms with Crippen molar-refractivity contribution in [1.29, 1.82) is 0 Å². The Morgan fingerprint density at radius 1 is 1.07 bits per heavy atom. The van der Waals surface area contributed by atoms with E-state index in [1.807, 2.05) is 37.8 Å². The minimum absolute atomic E-state index is 0.129. The van der Waals surface area contributed by atoms with Crippen LogP contribution in [0.15, 0.2) is 65.5 Å². The van der Waals surface area contributed by atoms with Gasteiger partial charge in [0.15, 0.2) is 0 Å². The van der Waals surface area contributed by atoms with Crippen molar-refractivity contribution in [2.75, 3.05) is 42.5 Å². The second kappa shape index (κ2) is 12.7. The van der Waals surface area contributed by atoms with Crippen LogP contribution in [-0.4, -0.2) is 58.3 Å². The van der Waals surface area contributed by atoms with E-state index in [-0.39, 0.29) is 17.7 Å². The fourth-order valence-corrected chi connectivity index (χ4v) is 5.96. The molecule has 1 saturated heterocycles. The zero-order valence-electron chi connectivity index (χ0n) is 25.7. The van der Waals surface area contributed by atoms with Crippen molar-refractivity contribution < 1.29 is 9.90 Å². The average Bonchev–Trinajstić information content (AvgIpc) is 3.00. The lowest BCUT2D eigenvalue weighted by molar-refractivity contribution is 0.0694. The zero-order chi connectivity index (χ0) is 31.6. The SMILES string of the molecule is C#CCN(Cc1cc2c(=O)n(C)c(CN3CCN(c4ccccc4)CC3)nc2cc1Cl)c1ccc(C(=O)O)c(C(C)(C)C)c1. The van der Waals surface area contributed by atoms with Gasteiger partial charge in [-0.25, -0.2) is 9.78 Å². The predicted octanol–water partition coefficient (Wildman–Crippen LogP) is 5.54. The van der Waals surface area contributed by atoms with Gasteiger partial charge in [-0.05, 0) is 59.0 Å². The highest BCUT2D eigenvalue weighted by molar-refractivity contribution is 6.32. The molecule has 5 rings (SSSR count). The molecule has 1 aliphatic rings. The molecule has 1 fully saturated rings. The smallest absolute Gasteiger partial charge is 0.335 e. The molecule has 0 spiro atoms. The molecule has 2 heterocycles. The molecule has 1 aromatic heterocycles. The molecule has 4 aromatic rings. The Morgan fingerprint density at radius 3 is 2.41 bits per heavy atom. The minimum Gasteiger partial charge on any atom is -0.478 e. The maximum Gasteiger partial charge on any atom is 0.335 e. The van der Waals surface area contributed by atoms with Gasteiger partial charge in [-0.3, -0.25) is 14.3 Å². The van der Waals surface area contributed by atoms with Crippen molar-refractivity contribution in [3.8, 4) is 12.3 Å². The molecule has 1 aliphatic heterocycles. The summed E-state index contributed by atoms with van der Waals surface area (Å²) >= 11 is 6.80. The highest BCUT2D eigenvalue weighted by Crippen LogP contribution is 2.32. The van der Waals surface area contributed by atoms with Crippen LogP contribution in [0.2, 0.25) is 5.02 Å². The van der Waals surface area contributed by atoms with Crippen LogP contribution in [0.3, 0.4) is 0 Å². The van der Waals surface area contributed by atoms with Crippen LogP contribution in [0, 0.1) is 12.3 Å². The van der Waals surface area contributed by atoms with Crippen LogP contribution in [-0.2, 0) is 25.6 Å². The largest absolute Gasteiger partial charge is 0.478 e. The van der Waals surface area contributed by atoms with Gasteiger partial charge in [0, 0.05) is 56.2 Å². The number of carboxylic acid groups (broad SMARTS) is 1. The third-order valence-electron chi connectivity index (χ3n) is 8.25. The number of para-hydroxylation sites is 1. The van der Waals surface area contributed by atoms with E-state index in [0.717, 1.165) is 37.4 Å². The van der Waals surface area contributed by atoms with Crippen LogP contribution < -0.4 is 15.4 Å². The first-order valence-electron chi connectivity index (χ1n) is 14.7. The first-order valence-corrected chi connectivity index (χ1v) is 15.1. The number of rotatable bonds is 8. The van der Waals surface area contributed by atoms with Crippen LogP contribution >= 0.6 is 11.6 Å². The number of hydrogen-bond donors (Lipinski definition) is 1.